The van der Waals surface area contributed by atoms with Gasteiger partial charge >= 0.3 is 6.18 Å². The molecule has 5 nitrogen and oxygen atoms in total. The van der Waals surface area contributed by atoms with Gasteiger partial charge in [0.2, 0.25) is 0 Å². The number of alkyl halides is 3. The van der Waals surface area contributed by atoms with Gasteiger partial charge in [-0.05, 0) is 43.2 Å². The minimum absolute atomic E-state index is 0.0832. The molecule has 0 radical (unpaired) electrons. The van der Waals surface area contributed by atoms with Crippen LogP contribution in [0.25, 0.3) is 0 Å². The van der Waals surface area contributed by atoms with Crippen LogP contribution in [0.2, 0.25) is 10.0 Å². The van der Waals surface area contributed by atoms with E-state index < -0.39 is 11.9 Å². The second-order valence-electron chi connectivity index (χ2n) is 6.40. The van der Waals surface area contributed by atoms with Crippen LogP contribution in [-0.2, 0) is 0 Å². The molecule has 2 aromatic carbocycles. The fourth-order valence-electron chi connectivity index (χ4n) is 2.51. The molecule has 2 aromatic rings. The lowest BCUT2D eigenvalue weighted by Crippen LogP contribution is -2.23. The number of rotatable bonds is 11. The molecule has 0 bridgehead atoms. The third-order valence-electron chi connectivity index (χ3n) is 4.01. The van der Waals surface area contributed by atoms with Gasteiger partial charge in [-0.3, -0.25) is 0 Å². The number of hydrogen-bond acceptors (Lipinski definition) is 5. The van der Waals surface area contributed by atoms with E-state index >= 15 is 0 Å². The van der Waals surface area contributed by atoms with Crippen molar-refractivity contribution in [1.82, 2.24) is 0 Å². The fourth-order valence-corrected chi connectivity index (χ4v) is 3.22. The Bertz CT molecular complexity index is 955. The highest BCUT2D eigenvalue weighted by Crippen LogP contribution is 2.37. The van der Waals surface area contributed by atoms with E-state index in [1.807, 2.05) is 0 Å². The third kappa shape index (κ3) is 9.04. The Kier molecular flexibility index (Phi) is 10.8. The summed E-state index contributed by atoms with van der Waals surface area (Å²) in [5.74, 6) is 1.13. The molecule has 0 unspecified atom stereocenters. The Hall–Kier alpha value is -2.00. The van der Waals surface area contributed by atoms with Crippen molar-refractivity contribution in [3.05, 3.63) is 62.6 Å². The van der Waals surface area contributed by atoms with E-state index in [1.54, 1.807) is 12.1 Å². The van der Waals surface area contributed by atoms with Gasteiger partial charge in [0.1, 0.15) is 22.6 Å². The van der Waals surface area contributed by atoms with Crippen LogP contribution < -0.4 is 14.2 Å². The molecule has 0 aliphatic heterocycles. The summed E-state index contributed by atoms with van der Waals surface area (Å²) in [4.78, 5) is 0. The Morgan fingerprint density at radius 2 is 1.48 bits per heavy atom. The topological polar surface area (TPSA) is 60.3 Å². The maximum Gasteiger partial charge on any atom is 0.437 e. The summed E-state index contributed by atoms with van der Waals surface area (Å²) in [5, 5.41) is 11.5. The molecule has 1 N–H and O–H groups in total. The highest BCUT2D eigenvalue weighted by Gasteiger charge is 2.37. The molecule has 0 heterocycles. The highest BCUT2D eigenvalue weighted by molar-refractivity contribution is 6.55. The summed E-state index contributed by atoms with van der Waals surface area (Å²) in [5.41, 5.74) is -1.64. The highest BCUT2D eigenvalue weighted by atomic mass is 35.5. The first-order valence-electron chi connectivity index (χ1n) is 9.40. The van der Waals surface area contributed by atoms with Gasteiger partial charge in [-0.1, -0.05) is 51.6 Å². The molecule has 0 spiro atoms. The second kappa shape index (κ2) is 13.0. The summed E-state index contributed by atoms with van der Waals surface area (Å²) in [6.45, 7) is 0.776. The van der Waals surface area contributed by atoms with Crippen LogP contribution in [0.4, 0.5) is 13.2 Å². The van der Waals surface area contributed by atoms with Crippen molar-refractivity contribution >= 4 is 52.1 Å². The normalized spacial score (nSPS) is 11.8. The number of benzene rings is 2. The maximum absolute atomic E-state index is 12.7. The van der Waals surface area contributed by atoms with Crippen molar-refractivity contribution in [3.63, 3.8) is 0 Å². The van der Waals surface area contributed by atoms with E-state index in [-0.39, 0.29) is 26.7 Å². The third-order valence-corrected chi connectivity index (χ3v) is 4.88. The van der Waals surface area contributed by atoms with E-state index in [9.17, 15) is 13.2 Å². The molecule has 0 atom stereocenters. The molecule has 0 fully saturated rings. The van der Waals surface area contributed by atoms with Crippen molar-refractivity contribution in [2.75, 3.05) is 19.8 Å². The smallest absolute Gasteiger partial charge is 0.437 e. The van der Waals surface area contributed by atoms with Gasteiger partial charge in [0.15, 0.2) is 11.5 Å². The first-order valence-corrected chi connectivity index (χ1v) is 10.9. The first kappa shape index (κ1) is 27.2. The van der Waals surface area contributed by atoms with Gasteiger partial charge in [-0.25, -0.2) is 0 Å². The van der Waals surface area contributed by atoms with E-state index in [0.29, 0.717) is 43.3 Å². The number of unbranched alkanes of at least 4 members (excludes halogenated alkanes) is 1. The van der Waals surface area contributed by atoms with Crippen LogP contribution in [0.5, 0.6) is 17.2 Å². The van der Waals surface area contributed by atoms with Crippen LogP contribution in [-0.4, -0.2) is 36.9 Å². The SMILES string of the molecule is ON=C(c1ccc(OCCCCOc2c(Cl)cc(OCC=C(Cl)Cl)cc2Cl)cc1)C(F)(F)F. The summed E-state index contributed by atoms with van der Waals surface area (Å²) < 4.78 is 54.8. The molecule has 0 saturated heterocycles. The maximum atomic E-state index is 12.7. The number of halogens is 7. The number of hydrogen-bond donors (Lipinski definition) is 1. The molecule has 180 valence electrons. The van der Waals surface area contributed by atoms with Crippen molar-refractivity contribution in [2.45, 2.75) is 19.0 Å². The zero-order valence-electron chi connectivity index (χ0n) is 16.8. The largest absolute Gasteiger partial charge is 0.494 e. The van der Waals surface area contributed by atoms with Gasteiger partial charge < -0.3 is 19.4 Å². The number of oxime groups is 1. The Morgan fingerprint density at radius 1 is 0.909 bits per heavy atom. The molecule has 12 heteroatoms. The summed E-state index contributed by atoms with van der Waals surface area (Å²) in [7, 11) is 0. The molecule has 0 aliphatic carbocycles. The molecule has 0 amide bonds. The molecule has 0 saturated carbocycles. The van der Waals surface area contributed by atoms with Crippen LogP contribution in [0.1, 0.15) is 18.4 Å². The van der Waals surface area contributed by atoms with Crippen LogP contribution in [0.15, 0.2) is 52.1 Å². The Balaban J connectivity index is 1.76. The molecular formula is C21H18Cl4F3NO4. The zero-order chi connectivity index (χ0) is 24.4. The van der Waals surface area contributed by atoms with Crippen molar-refractivity contribution in [3.8, 4) is 17.2 Å². The number of nitrogens with zero attached hydrogens (tertiary/aromatic N) is 1. The monoisotopic (exact) mass is 545 g/mol. The van der Waals surface area contributed by atoms with Crippen molar-refractivity contribution < 1.29 is 32.6 Å². The minimum Gasteiger partial charge on any atom is -0.494 e. The second-order valence-corrected chi connectivity index (χ2v) is 8.22. The van der Waals surface area contributed by atoms with Gasteiger partial charge in [0, 0.05) is 17.7 Å². The molecule has 33 heavy (non-hydrogen) atoms. The lowest BCUT2D eigenvalue weighted by Gasteiger charge is -2.12. The predicted molar refractivity (Wildman–Crippen MR) is 123 cm³/mol. The summed E-state index contributed by atoms with van der Waals surface area (Å²) in [6, 6.07) is 8.16. The molecule has 2 rings (SSSR count). The molecular weight excluding hydrogens is 529 g/mol. The van der Waals surface area contributed by atoms with Crippen LogP contribution in [0.3, 0.4) is 0 Å². The zero-order valence-corrected chi connectivity index (χ0v) is 19.9. The number of ether oxygens (including phenoxy) is 3. The predicted octanol–water partition coefficient (Wildman–Crippen LogP) is 7.67. The van der Waals surface area contributed by atoms with Gasteiger partial charge in [-0.2, -0.15) is 13.2 Å². The van der Waals surface area contributed by atoms with E-state index in [4.69, 9.17) is 65.8 Å². The van der Waals surface area contributed by atoms with Gasteiger partial charge in [-0.15, -0.1) is 0 Å². The molecule has 0 aliphatic rings. The fraction of sp³-hybridized carbons (Fsp3) is 0.286. The lowest BCUT2D eigenvalue weighted by atomic mass is 10.1. The lowest BCUT2D eigenvalue weighted by molar-refractivity contribution is -0.0601. The van der Waals surface area contributed by atoms with Gasteiger partial charge in [0.05, 0.1) is 23.3 Å². The summed E-state index contributed by atoms with van der Waals surface area (Å²) in [6.07, 6.45) is -2.08. The van der Waals surface area contributed by atoms with E-state index in [0.717, 1.165) is 0 Å². The van der Waals surface area contributed by atoms with Crippen molar-refractivity contribution in [1.29, 1.82) is 0 Å². The van der Waals surface area contributed by atoms with Crippen LogP contribution in [0, 0.1) is 0 Å². The van der Waals surface area contributed by atoms with Gasteiger partial charge in [0.25, 0.3) is 0 Å². The Morgan fingerprint density at radius 3 is 2.00 bits per heavy atom. The minimum atomic E-state index is -4.76. The first-order chi connectivity index (χ1) is 15.6. The molecule has 0 aromatic heterocycles. The van der Waals surface area contributed by atoms with E-state index in [2.05, 4.69) is 5.16 Å². The average molecular weight is 547 g/mol. The quantitative estimate of drug-likeness (QED) is 0.136. The standard InChI is InChI=1S/C21H18Cl4F3NO4/c22-16-11-15(32-10-7-18(24)25)12-17(23)19(16)33-9-2-1-8-31-14-5-3-13(4-6-14)20(29-30)21(26,27)28/h3-7,11-12,30H,1-2,8-10H2. The average Bonchev–Trinajstić information content (AvgIpc) is 2.72. The summed E-state index contributed by atoms with van der Waals surface area (Å²) >= 11 is 23.4. The van der Waals surface area contributed by atoms with E-state index in [1.165, 1.54) is 30.3 Å². The Labute approximate surface area is 208 Å². The van der Waals surface area contributed by atoms with Crippen molar-refractivity contribution in [2.24, 2.45) is 5.16 Å². The van der Waals surface area contributed by atoms with Crippen LogP contribution >= 0.6 is 46.4 Å².